The Balaban J connectivity index is 1.62. The fourth-order valence-electron chi connectivity index (χ4n) is 2.13. The van der Waals surface area contributed by atoms with Gasteiger partial charge in [-0.25, -0.2) is 0 Å². The van der Waals surface area contributed by atoms with Crippen molar-refractivity contribution in [2.75, 3.05) is 11.1 Å². The van der Waals surface area contributed by atoms with Crippen LogP contribution in [0.5, 0.6) is 0 Å². The number of hydrogen-bond acceptors (Lipinski definition) is 6. The van der Waals surface area contributed by atoms with E-state index in [9.17, 15) is 4.79 Å². The van der Waals surface area contributed by atoms with E-state index in [2.05, 4.69) is 34.2 Å². The Kier molecular flexibility index (Phi) is 6.88. The first-order valence-electron chi connectivity index (χ1n) is 7.90. The van der Waals surface area contributed by atoms with Crippen LogP contribution in [0.4, 0.5) is 5.13 Å². The lowest BCUT2D eigenvalue weighted by atomic mass is 10.2. The zero-order valence-corrected chi connectivity index (χ0v) is 16.4. The highest BCUT2D eigenvalue weighted by atomic mass is 32.2. The van der Waals surface area contributed by atoms with Crippen molar-refractivity contribution in [3.63, 3.8) is 0 Å². The largest absolute Gasteiger partial charge is 0.296 e. The molecular weight excluding hydrogens is 382 g/mol. The molecule has 7 heteroatoms. The maximum absolute atomic E-state index is 12.6. The SMILES string of the molecule is C=CCSc1ccccc1C(=O)Nc1nnc(SCc2ccccc2)s1. The van der Waals surface area contributed by atoms with Crippen LogP contribution in [0.3, 0.4) is 0 Å². The number of aromatic nitrogens is 2. The minimum absolute atomic E-state index is 0.173. The number of carbonyl (C=O) groups excluding carboxylic acids is 1. The van der Waals surface area contributed by atoms with Gasteiger partial charge in [0, 0.05) is 16.4 Å². The van der Waals surface area contributed by atoms with Crippen molar-refractivity contribution in [3.05, 3.63) is 78.4 Å². The predicted octanol–water partition coefficient (Wildman–Crippen LogP) is 5.36. The molecule has 1 aromatic heterocycles. The van der Waals surface area contributed by atoms with E-state index >= 15 is 0 Å². The van der Waals surface area contributed by atoms with Crippen molar-refractivity contribution >= 4 is 45.9 Å². The average molecular weight is 400 g/mol. The van der Waals surface area contributed by atoms with Gasteiger partial charge in [-0.05, 0) is 17.7 Å². The molecule has 0 atom stereocenters. The third-order valence-corrected chi connectivity index (χ3v) is 6.43. The van der Waals surface area contributed by atoms with E-state index < -0.39 is 0 Å². The molecule has 4 nitrogen and oxygen atoms in total. The lowest BCUT2D eigenvalue weighted by molar-refractivity contribution is 0.102. The Morgan fingerprint density at radius 2 is 1.85 bits per heavy atom. The van der Waals surface area contributed by atoms with Gasteiger partial charge in [0.2, 0.25) is 5.13 Å². The van der Waals surface area contributed by atoms with E-state index in [0.717, 1.165) is 20.7 Å². The van der Waals surface area contributed by atoms with Crippen LogP contribution in [0.2, 0.25) is 0 Å². The first-order valence-corrected chi connectivity index (χ1v) is 10.7. The second-order valence-corrected chi connectivity index (χ2v) is 8.46. The summed E-state index contributed by atoms with van der Waals surface area (Å²) in [6, 6.07) is 17.7. The van der Waals surface area contributed by atoms with E-state index in [-0.39, 0.29) is 5.91 Å². The molecule has 132 valence electrons. The quantitative estimate of drug-likeness (QED) is 0.314. The molecule has 3 aromatic rings. The van der Waals surface area contributed by atoms with Crippen molar-refractivity contribution in [2.24, 2.45) is 0 Å². The molecule has 26 heavy (non-hydrogen) atoms. The first-order chi connectivity index (χ1) is 12.8. The summed E-state index contributed by atoms with van der Waals surface area (Å²) in [7, 11) is 0. The summed E-state index contributed by atoms with van der Waals surface area (Å²) in [5.41, 5.74) is 1.86. The molecule has 0 bridgehead atoms. The highest BCUT2D eigenvalue weighted by Gasteiger charge is 2.14. The molecule has 2 aromatic carbocycles. The highest BCUT2D eigenvalue weighted by Crippen LogP contribution is 2.29. The number of nitrogens with one attached hydrogen (secondary N) is 1. The average Bonchev–Trinajstić information content (AvgIpc) is 3.13. The van der Waals surface area contributed by atoms with Crippen LogP contribution >= 0.6 is 34.9 Å². The molecule has 0 fully saturated rings. The number of carbonyl (C=O) groups is 1. The number of anilines is 1. The topological polar surface area (TPSA) is 54.9 Å². The molecule has 0 aliphatic carbocycles. The van der Waals surface area contributed by atoms with Gasteiger partial charge in [-0.3, -0.25) is 10.1 Å². The molecule has 1 heterocycles. The van der Waals surface area contributed by atoms with E-state index in [1.807, 2.05) is 48.5 Å². The Morgan fingerprint density at radius 1 is 1.08 bits per heavy atom. The van der Waals surface area contributed by atoms with E-state index in [1.54, 1.807) is 23.5 Å². The summed E-state index contributed by atoms with van der Waals surface area (Å²) in [5.74, 6) is 1.40. The van der Waals surface area contributed by atoms with Crippen LogP contribution in [0.25, 0.3) is 0 Å². The van der Waals surface area contributed by atoms with Crippen LogP contribution in [0, 0.1) is 0 Å². The maximum Gasteiger partial charge on any atom is 0.258 e. The van der Waals surface area contributed by atoms with Gasteiger partial charge in [0.15, 0.2) is 4.34 Å². The normalized spacial score (nSPS) is 10.5. The smallest absolute Gasteiger partial charge is 0.258 e. The van der Waals surface area contributed by atoms with Gasteiger partial charge < -0.3 is 0 Å². The minimum atomic E-state index is -0.173. The molecule has 0 radical (unpaired) electrons. The Hall–Kier alpha value is -2.09. The first kappa shape index (κ1) is 18.7. The fraction of sp³-hybridized carbons (Fsp3) is 0.105. The molecule has 0 aliphatic rings. The molecule has 0 spiro atoms. The molecular formula is C19H17N3OS3. The summed E-state index contributed by atoms with van der Waals surface area (Å²) in [5, 5.41) is 11.6. The van der Waals surface area contributed by atoms with Crippen LogP contribution in [0.1, 0.15) is 15.9 Å². The lowest BCUT2D eigenvalue weighted by Crippen LogP contribution is -2.12. The Morgan fingerprint density at radius 3 is 2.65 bits per heavy atom. The number of benzene rings is 2. The van der Waals surface area contributed by atoms with Gasteiger partial charge in [-0.2, -0.15) is 0 Å². The minimum Gasteiger partial charge on any atom is -0.296 e. The zero-order chi connectivity index (χ0) is 18.2. The van der Waals surface area contributed by atoms with Gasteiger partial charge in [-0.1, -0.05) is 71.6 Å². The van der Waals surface area contributed by atoms with Gasteiger partial charge >= 0.3 is 0 Å². The second-order valence-electron chi connectivity index (χ2n) is 5.20. The molecule has 0 aliphatic heterocycles. The van der Waals surface area contributed by atoms with E-state index in [4.69, 9.17) is 0 Å². The van der Waals surface area contributed by atoms with E-state index in [0.29, 0.717) is 10.7 Å². The number of nitrogens with zero attached hydrogens (tertiary/aromatic N) is 2. The third kappa shape index (κ3) is 5.20. The molecule has 0 saturated carbocycles. The fourth-order valence-corrected chi connectivity index (χ4v) is 4.62. The summed E-state index contributed by atoms with van der Waals surface area (Å²) >= 11 is 4.58. The van der Waals surface area contributed by atoms with Crippen LogP contribution in [-0.2, 0) is 5.75 Å². The Bertz CT molecular complexity index is 881. The third-order valence-electron chi connectivity index (χ3n) is 3.32. The molecule has 1 amide bonds. The van der Waals surface area contributed by atoms with Crippen molar-refractivity contribution < 1.29 is 4.79 Å². The summed E-state index contributed by atoms with van der Waals surface area (Å²) in [4.78, 5) is 13.5. The van der Waals surface area contributed by atoms with E-state index in [1.165, 1.54) is 16.9 Å². The van der Waals surface area contributed by atoms with Crippen molar-refractivity contribution in [1.82, 2.24) is 10.2 Å². The molecule has 3 rings (SSSR count). The molecule has 1 N–H and O–H groups in total. The van der Waals surface area contributed by atoms with Crippen molar-refractivity contribution in [1.29, 1.82) is 0 Å². The lowest BCUT2D eigenvalue weighted by Gasteiger charge is -2.07. The predicted molar refractivity (Wildman–Crippen MR) is 111 cm³/mol. The summed E-state index contributed by atoms with van der Waals surface area (Å²) < 4.78 is 0.832. The van der Waals surface area contributed by atoms with Crippen LogP contribution in [0.15, 0.2) is 76.5 Å². The highest BCUT2D eigenvalue weighted by molar-refractivity contribution is 8.00. The Labute approximate surface area is 165 Å². The maximum atomic E-state index is 12.6. The van der Waals surface area contributed by atoms with Gasteiger partial charge in [-0.15, -0.1) is 28.5 Å². The van der Waals surface area contributed by atoms with Crippen molar-refractivity contribution in [3.8, 4) is 0 Å². The molecule has 0 unspecified atom stereocenters. The van der Waals surface area contributed by atoms with Gasteiger partial charge in [0.25, 0.3) is 5.91 Å². The van der Waals surface area contributed by atoms with Gasteiger partial charge in [0.05, 0.1) is 5.56 Å². The number of rotatable bonds is 8. The van der Waals surface area contributed by atoms with Crippen LogP contribution < -0.4 is 5.32 Å². The number of thioether (sulfide) groups is 2. The summed E-state index contributed by atoms with van der Waals surface area (Å²) in [6.45, 7) is 3.72. The standard InChI is InChI=1S/C19H17N3OS3/c1-2-12-24-16-11-7-6-10-15(16)17(23)20-18-21-22-19(26-18)25-13-14-8-4-3-5-9-14/h2-11H,1,12-13H2,(H,20,21,23). The van der Waals surface area contributed by atoms with Crippen LogP contribution in [-0.4, -0.2) is 21.9 Å². The second kappa shape index (κ2) is 9.56. The number of hydrogen-bond donors (Lipinski definition) is 1. The number of amides is 1. The zero-order valence-electron chi connectivity index (χ0n) is 13.9. The molecule has 0 saturated heterocycles. The van der Waals surface area contributed by atoms with Gasteiger partial charge in [0.1, 0.15) is 0 Å². The van der Waals surface area contributed by atoms with Crippen molar-refractivity contribution in [2.45, 2.75) is 15.0 Å². The monoisotopic (exact) mass is 399 g/mol. The summed E-state index contributed by atoms with van der Waals surface area (Å²) in [6.07, 6.45) is 1.82.